The fourth-order valence-electron chi connectivity index (χ4n) is 2.14. The maximum atomic E-state index is 12.3. The smallest absolute Gasteiger partial charge is 0.191 e. The van der Waals surface area contributed by atoms with Crippen molar-refractivity contribution in [1.82, 2.24) is 19.7 Å². The molecule has 0 spiro atoms. The van der Waals surface area contributed by atoms with E-state index in [1.54, 1.807) is 0 Å². The Morgan fingerprint density at radius 1 is 1.59 bits per heavy atom. The lowest BCUT2D eigenvalue weighted by atomic mass is 10.1. The minimum Gasteiger partial charge on any atom is -0.309 e. The molecule has 0 radical (unpaired) electrons. The molecular weight excluding hydrogens is 318 g/mol. The second-order valence-corrected chi connectivity index (χ2v) is 7.15. The zero-order chi connectivity index (χ0) is 15.7. The standard InChI is InChI=1S/C14H15N5OS2/c1-8-6-21-13(16-8)10(5-15)11(20)7-22-14-18-17-12(19(14)2)9-3-4-9/h6,9-10H,3-4,7H2,1-2H3. The van der Waals surface area contributed by atoms with E-state index in [1.165, 1.54) is 23.1 Å². The predicted octanol–water partition coefficient (Wildman–Crippen LogP) is 2.43. The van der Waals surface area contributed by atoms with Crippen molar-refractivity contribution < 1.29 is 4.79 Å². The number of nitriles is 1. The Morgan fingerprint density at radius 3 is 2.95 bits per heavy atom. The first-order valence-corrected chi connectivity index (χ1v) is 8.83. The Balaban J connectivity index is 1.65. The third-order valence-corrected chi connectivity index (χ3v) is 5.56. The van der Waals surface area contributed by atoms with Crippen molar-refractivity contribution in [2.45, 2.75) is 36.8 Å². The van der Waals surface area contributed by atoms with Crippen LogP contribution in [0.1, 0.15) is 41.2 Å². The van der Waals surface area contributed by atoms with E-state index in [2.05, 4.69) is 21.3 Å². The van der Waals surface area contributed by atoms with Crippen LogP contribution < -0.4 is 0 Å². The van der Waals surface area contributed by atoms with Gasteiger partial charge in [0.1, 0.15) is 10.8 Å². The molecule has 114 valence electrons. The van der Waals surface area contributed by atoms with Gasteiger partial charge in [0.05, 0.1) is 11.8 Å². The van der Waals surface area contributed by atoms with Crippen molar-refractivity contribution >= 4 is 28.9 Å². The van der Waals surface area contributed by atoms with E-state index in [1.807, 2.05) is 23.9 Å². The van der Waals surface area contributed by atoms with Gasteiger partial charge >= 0.3 is 0 Å². The van der Waals surface area contributed by atoms with Crippen LogP contribution in [0.25, 0.3) is 0 Å². The van der Waals surface area contributed by atoms with Crippen LogP contribution in [0.5, 0.6) is 0 Å². The molecule has 0 N–H and O–H groups in total. The molecule has 8 heteroatoms. The van der Waals surface area contributed by atoms with Gasteiger partial charge in [-0.05, 0) is 19.8 Å². The lowest BCUT2D eigenvalue weighted by Gasteiger charge is -2.05. The number of aromatic nitrogens is 4. The number of aryl methyl sites for hydroxylation is 1. The number of thioether (sulfide) groups is 1. The summed E-state index contributed by atoms with van der Waals surface area (Å²) in [6.07, 6.45) is 2.32. The van der Waals surface area contributed by atoms with Crippen molar-refractivity contribution in [2.24, 2.45) is 7.05 Å². The molecule has 1 fully saturated rings. The average Bonchev–Trinajstić information content (AvgIpc) is 3.15. The SMILES string of the molecule is Cc1csc(C(C#N)C(=O)CSc2nnc(C3CC3)n2C)n1. The highest BCUT2D eigenvalue weighted by atomic mass is 32.2. The highest BCUT2D eigenvalue weighted by Gasteiger charge is 2.30. The summed E-state index contributed by atoms with van der Waals surface area (Å²) < 4.78 is 1.95. The molecule has 2 aromatic rings. The molecule has 2 aromatic heterocycles. The van der Waals surface area contributed by atoms with Crippen LogP contribution in [0.15, 0.2) is 10.5 Å². The average molecular weight is 333 g/mol. The monoisotopic (exact) mass is 333 g/mol. The number of nitrogens with zero attached hydrogens (tertiary/aromatic N) is 5. The highest BCUT2D eigenvalue weighted by molar-refractivity contribution is 7.99. The fraction of sp³-hybridized carbons (Fsp3) is 0.500. The van der Waals surface area contributed by atoms with Crippen LogP contribution in [0.2, 0.25) is 0 Å². The van der Waals surface area contributed by atoms with Crippen molar-refractivity contribution in [3.63, 3.8) is 0 Å². The predicted molar refractivity (Wildman–Crippen MR) is 83.9 cm³/mol. The molecule has 6 nitrogen and oxygen atoms in total. The molecule has 0 amide bonds. The Kier molecular flexibility index (Phi) is 4.27. The largest absolute Gasteiger partial charge is 0.309 e. The number of rotatable bonds is 6. The quantitative estimate of drug-likeness (QED) is 0.755. The number of carbonyl (C=O) groups is 1. The number of Topliss-reactive ketones (excluding diaryl/α,β-unsaturated/α-hetero) is 1. The fourth-order valence-corrected chi connectivity index (χ4v) is 3.82. The van der Waals surface area contributed by atoms with E-state index in [0.29, 0.717) is 10.9 Å². The molecule has 0 bridgehead atoms. The lowest BCUT2D eigenvalue weighted by molar-refractivity contribution is -0.116. The number of thiazole rings is 1. The second-order valence-electron chi connectivity index (χ2n) is 5.32. The van der Waals surface area contributed by atoms with Gasteiger partial charge in [0, 0.05) is 24.0 Å². The van der Waals surface area contributed by atoms with Crippen molar-refractivity contribution in [3.8, 4) is 6.07 Å². The Hall–Kier alpha value is -1.72. The molecule has 3 rings (SSSR count). The van der Waals surface area contributed by atoms with Crippen LogP contribution >= 0.6 is 23.1 Å². The minimum atomic E-state index is -0.790. The summed E-state index contributed by atoms with van der Waals surface area (Å²) in [7, 11) is 1.92. The van der Waals surface area contributed by atoms with Gasteiger partial charge in [-0.1, -0.05) is 11.8 Å². The van der Waals surface area contributed by atoms with Gasteiger partial charge in [0.25, 0.3) is 0 Å². The number of carbonyl (C=O) groups excluding carboxylic acids is 1. The first kappa shape index (κ1) is 15.2. The zero-order valence-electron chi connectivity index (χ0n) is 12.3. The summed E-state index contributed by atoms with van der Waals surface area (Å²) in [4.78, 5) is 16.5. The molecule has 0 saturated heterocycles. The maximum absolute atomic E-state index is 12.3. The van der Waals surface area contributed by atoms with Crippen molar-refractivity contribution in [3.05, 3.63) is 21.9 Å². The third kappa shape index (κ3) is 3.05. The minimum absolute atomic E-state index is 0.141. The van der Waals surface area contributed by atoms with Crippen LogP contribution in [0.3, 0.4) is 0 Å². The molecule has 0 aliphatic heterocycles. The van der Waals surface area contributed by atoms with Crippen molar-refractivity contribution in [2.75, 3.05) is 5.75 Å². The van der Waals surface area contributed by atoms with Crippen LogP contribution in [0.4, 0.5) is 0 Å². The summed E-state index contributed by atoms with van der Waals surface area (Å²) in [5.41, 5.74) is 0.836. The molecular formula is C14H15N5OS2. The molecule has 22 heavy (non-hydrogen) atoms. The van der Waals surface area contributed by atoms with Crippen molar-refractivity contribution in [1.29, 1.82) is 5.26 Å². The third-order valence-electron chi connectivity index (χ3n) is 3.49. The summed E-state index contributed by atoms with van der Waals surface area (Å²) in [5.74, 6) is 0.781. The van der Waals surface area contributed by atoms with Gasteiger partial charge in [-0.25, -0.2) is 4.98 Å². The molecule has 1 aliphatic carbocycles. The molecule has 1 aliphatic rings. The number of ketones is 1. The van der Waals surface area contributed by atoms with E-state index in [0.717, 1.165) is 29.5 Å². The van der Waals surface area contributed by atoms with Gasteiger partial charge in [0.15, 0.2) is 16.9 Å². The summed E-state index contributed by atoms with van der Waals surface area (Å²) in [5, 5.41) is 20.7. The normalized spacial score (nSPS) is 15.5. The maximum Gasteiger partial charge on any atom is 0.191 e. The van der Waals surface area contributed by atoms with E-state index in [-0.39, 0.29) is 11.5 Å². The molecule has 1 unspecified atom stereocenters. The molecule has 1 atom stereocenters. The summed E-state index contributed by atoms with van der Waals surface area (Å²) in [6.45, 7) is 1.85. The number of hydrogen-bond acceptors (Lipinski definition) is 7. The summed E-state index contributed by atoms with van der Waals surface area (Å²) in [6, 6.07) is 2.06. The Bertz CT molecular complexity index is 741. The van der Waals surface area contributed by atoms with E-state index >= 15 is 0 Å². The molecule has 2 heterocycles. The Morgan fingerprint density at radius 2 is 2.36 bits per heavy atom. The van der Waals surface area contributed by atoms with Crippen LogP contribution in [0, 0.1) is 18.3 Å². The first-order valence-electron chi connectivity index (χ1n) is 6.96. The molecule has 1 saturated carbocycles. The van der Waals surface area contributed by atoms with E-state index in [4.69, 9.17) is 0 Å². The zero-order valence-corrected chi connectivity index (χ0v) is 13.9. The lowest BCUT2D eigenvalue weighted by Crippen LogP contribution is -2.13. The van der Waals surface area contributed by atoms with E-state index < -0.39 is 5.92 Å². The van der Waals surface area contributed by atoms with Crippen LogP contribution in [-0.4, -0.2) is 31.3 Å². The number of hydrogen-bond donors (Lipinski definition) is 0. The van der Waals surface area contributed by atoms with Gasteiger partial charge < -0.3 is 4.57 Å². The van der Waals surface area contributed by atoms with E-state index in [9.17, 15) is 10.1 Å². The van der Waals surface area contributed by atoms with Gasteiger partial charge in [-0.2, -0.15) is 5.26 Å². The van der Waals surface area contributed by atoms with Gasteiger partial charge in [-0.3, -0.25) is 4.79 Å². The second kappa shape index (κ2) is 6.18. The topological polar surface area (TPSA) is 84.5 Å². The first-order chi connectivity index (χ1) is 10.6. The highest BCUT2D eigenvalue weighted by Crippen LogP contribution is 2.39. The molecule has 0 aromatic carbocycles. The van der Waals surface area contributed by atoms with Crippen LogP contribution in [-0.2, 0) is 11.8 Å². The van der Waals surface area contributed by atoms with Gasteiger partial charge in [0.2, 0.25) is 0 Å². The van der Waals surface area contributed by atoms with Gasteiger partial charge in [-0.15, -0.1) is 21.5 Å². The Labute approximate surface area is 136 Å². The summed E-state index contributed by atoms with van der Waals surface area (Å²) >= 11 is 2.69.